The SMILES string of the molecule is CC(C)c1cccc(C(C)C)c1-n1c[n+](-c2c(C(C)C)cccc2C(C)C)p2n(C(c3ccccc3)c3ccccc3)p1n2C(c1ccccc1)c1ccccc1.ClCCl.ClCCl.ClCCl.O=S(=O)([O-])C(F)(F)F. The molecule has 0 saturated heterocycles. The average Bonchev–Trinajstić information content (AvgIpc) is 3.37. The quantitative estimate of drug-likeness (QED) is 0.0695. The summed E-state index contributed by atoms with van der Waals surface area (Å²) in [5.74, 6) is 1.37. The zero-order valence-corrected chi connectivity index (χ0v) is 49.5. The lowest BCUT2D eigenvalue weighted by atomic mass is 9.92. The van der Waals surface area contributed by atoms with Crippen molar-refractivity contribution in [1.29, 1.82) is 0 Å². The van der Waals surface area contributed by atoms with E-state index in [0.29, 0.717) is 23.7 Å². The van der Waals surface area contributed by atoms with Crippen LogP contribution in [0, 0.1) is 0 Å². The fraction of sp³-hybridized carbons (Fsp3) is 0.327. The smallest absolute Gasteiger partial charge is 0.485 e. The second kappa shape index (κ2) is 29.8. The molecule has 0 N–H and O–H groups in total. The summed E-state index contributed by atoms with van der Waals surface area (Å²) in [5.41, 5.74) is 7.94. The molecule has 2 bridgehead atoms. The first kappa shape index (κ1) is 63.0. The zero-order chi connectivity index (χ0) is 54.9. The third-order valence-corrected chi connectivity index (χ3v) is 17.9. The Morgan fingerprint density at radius 3 is 0.986 bits per heavy atom. The van der Waals surface area contributed by atoms with Gasteiger partial charge in [0.25, 0.3) is 0 Å². The normalized spacial score (nSPS) is 12.1. The summed E-state index contributed by atoms with van der Waals surface area (Å²) >= 11 is 28.6. The third-order valence-electron chi connectivity index (χ3n) is 11.7. The molecule has 400 valence electrons. The van der Waals surface area contributed by atoms with Crippen molar-refractivity contribution in [2.75, 3.05) is 16.0 Å². The van der Waals surface area contributed by atoms with Gasteiger partial charge in [-0.25, -0.2) is 8.42 Å². The predicted octanol–water partition coefficient (Wildman–Crippen LogP) is 18.7. The van der Waals surface area contributed by atoms with E-state index in [2.05, 4.69) is 236 Å². The standard InChI is InChI=1S/C51H57N4P2.3CH2Cl2.CHF3O3S/c1-36(2)44-31-21-32-45(37(3)4)50(44)52-35-53(51-46(38(5)6)33-22-34-47(51)39(7)8)57-54(48(40-23-13-9-14-24-40)41-25-15-10-16-26-41)56(52)55(57)49(42-27-17-11-18-28-42)43-29-19-12-20-30-43;3*2-1-3;2-1(3,4)8(5,6)7/h9-39,48-49H,1-8H3;3*1H2;(H,5,6,7)/q+1;;;;/p-1. The molecule has 19 heteroatoms. The summed E-state index contributed by atoms with van der Waals surface area (Å²) in [7, 11) is -8.30. The molecule has 0 aliphatic carbocycles. The van der Waals surface area contributed by atoms with Crippen molar-refractivity contribution in [1.82, 2.24) is 12.5 Å². The number of hydrogen-bond acceptors (Lipinski definition) is 3. The number of aromatic nitrogens is 4. The van der Waals surface area contributed by atoms with Crippen molar-refractivity contribution < 1.29 is 30.5 Å². The number of nitrogens with zero attached hydrogens (tertiary/aromatic N) is 4. The lowest BCUT2D eigenvalue weighted by Gasteiger charge is -2.35. The topological polar surface area (TPSA) is 75.9 Å². The van der Waals surface area contributed by atoms with Crippen LogP contribution in [-0.4, -0.2) is 47.0 Å². The van der Waals surface area contributed by atoms with E-state index in [4.69, 9.17) is 82.6 Å². The maximum atomic E-state index is 10.7. The number of fused-ring (bicyclic) bond motifs is 2. The number of alkyl halides is 9. The Labute approximate surface area is 467 Å². The average molecular weight is 1190 g/mol. The van der Waals surface area contributed by atoms with Crippen LogP contribution in [0.4, 0.5) is 13.2 Å². The van der Waals surface area contributed by atoms with Crippen molar-refractivity contribution in [2.24, 2.45) is 0 Å². The Bertz CT molecular complexity index is 2720. The highest BCUT2D eigenvalue weighted by molar-refractivity contribution is 7.86. The molecule has 9 rings (SSSR count). The van der Waals surface area contributed by atoms with Gasteiger partial charge in [-0.15, -0.1) is 69.6 Å². The van der Waals surface area contributed by atoms with Gasteiger partial charge in [-0.05, 0) is 68.2 Å². The van der Waals surface area contributed by atoms with E-state index in [1.54, 1.807) is 0 Å². The first-order valence-corrected chi connectivity index (χ1v) is 30.6. The van der Waals surface area contributed by atoms with E-state index in [1.165, 1.54) is 55.9 Å². The summed E-state index contributed by atoms with van der Waals surface area (Å²) in [5, 5.41) is 0.583. The summed E-state index contributed by atoms with van der Waals surface area (Å²) in [6, 6.07) is 59.2. The second-order valence-electron chi connectivity index (χ2n) is 17.8. The van der Waals surface area contributed by atoms with Gasteiger partial charge in [0.1, 0.15) is 23.5 Å². The fourth-order valence-electron chi connectivity index (χ4n) is 8.61. The van der Waals surface area contributed by atoms with Gasteiger partial charge in [-0.3, -0.25) is 0 Å². The van der Waals surface area contributed by atoms with Crippen molar-refractivity contribution in [3.8, 4) is 11.4 Å². The Hall–Kier alpha value is -3.57. The Balaban J connectivity index is 0.000000609. The minimum absolute atomic E-state index is 0.0363. The highest BCUT2D eigenvalue weighted by atomic mass is 35.5. The lowest BCUT2D eigenvalue weighted by Crippen LogP contribution is -2.41. The molecule has 3 aromatic heterocycles. The number of hydrogen-bond donors (Lipinski definition) is 0. The molecule has 6 aromatic carbocycles. The van der Waals surface area contributed by atoms with Crippen LogP contribution in [0.2, 0.25) is 0 Å². The van der Waals surface area contributed by atoms with Gasteiger partial charge in [-0.2, -0.15) is 30.0 Å². The van der Waals surface area contributed by atoms with Gasteiger partial charge in [0, 0.05) is 0 Å². The van der Waals surface area contributed by atoms with E-state index in [1.807, 2.05) is 0 Å². The van der Waals surface area contributed by atoms with E-state index in [-0.39, 0.29) is 28.1 Å². The lowest BCUT2D eigenvalue weighted by molar-refractivity contribution is -0.530. The summed E-state index contributed by atoms with van der Waals surface area (Å²) in [6.45, 7) is 18.9. The molecule has 3 heterocycles. The van der Waals surface area contributed by atoms with Gasteiger partial charge in [-0.1, -0.05) is 213 Å². The zero-order valence-electron chi connectivity index (χ0n) is 42.4. The van der Waals surface area contributed by atoms with Crippen LogP contribution in [0.3, 0.4) is 0 Å². The van der Waals surface area contributed by atoms with E-state index >= 15 is 0 Å². The molecular weight excluding hydrogens is 1130 g/mol. The molecule has 0 radical (unpaired) electrons. The highest BCUT2D eigenvalue weighted by Crippen LogP contribution is 2.55. The Kier molecular flexibility index (Phi) is 25.4. The largest absolute Gasteiger partial charge is 0.741 e. The molecule has 9 aromatic rings. The van der Waals surface area contributed by atoms with E-state index in [0.717, 1.165) is 0 Å². The molecule has 0 saturated carbocycles. The van der Waals surface area contributed by atoms with Gasteiger partial charge in [0.15, 0.2) is 16.4 Å². The van der Waals surface area contributed by atoms with E-state index < -0.39 is 31.3 Å². The minimum Gasteiger partial charge on any atom is -0.741 e. The second-order valence-corrected chi connectivity index (χ2v) is 25.9. The molecule has 7 nitrogen and oxygen atoms in total. The Morgan fingerprint density at radius 2 is 0.743 bits per heavy atom. The molecule has 0 aliphatic rings. The van der Waals surface area contributed by atoms with Crippen LogP contribution in [0.25, 0.3) is 11.4 Å². The van der Waals surface area contributed by atoms with Crippen molar-refractivity contribution in [2.45, 2.75) is 96.7 Å². The molecule has 0 amide bonds. The van der Waals surface area contributed by atoms with E-state index in [9.17, 15) is 13.2 Å². The van der Waals surface area contributed by atoms with Gasteiger partial charge in [0.05, 0.1) is 16.0 Å². The molecule has 0 fully saturated rings. The highest BCUT2D eigenvalue weighted by Gasteiger charge is 2.43. The Morgan fingerprint density at radius 1 is 0.486 bits per heavy atom. The fourth-order valence-corrected chi connectivity index (χ4v) is 15.7. The number of halogens is 9. The monoisotopic (exact) mass is 1190 g/mol. The van der Waals surface area contributed by atoms with Crippen LogP contribution < -0.4 is 4.33 Å². The van der Waals surface area contributed by atoms with Crippen LogP contribution in [0.15, 0.2) is 164 Å². The molecule has 0 unspecified atom stereocenters. The van der Waals surface area contributed by atoms with Crippen molar-refractivity contribution in [3.63, 3.8) is 0 Å². The van der Waals surface area contributed by atoms with Crippen LogP contribution >= 0.6 is 85.2 Å². The summed E-state index contributed by atoms with van der Waals surface area (Å²) < 4.78 is 70.3. The molecule has 0 spiro atoms. The maximum absolute atomic E-state index is 10.7. The molecule has 74 heavy (non-hydrogen) atoms. The molecular formula is C55H63Cl6F3N4O3P2S. The van der Waals surface area contributed by atoms with Gasteiger partial charge >= 0.3 is 21.1 Å². The summed E-state index contributed by atoms with van der Waals surface area (Å²) in [6.07, 6.45) is 2.56. The molecule has 0 aliphatic heterocycles. The first-order valence-electron chi connectivity index (χ1n) is 23.6. The van der Waals surface area contributed by atoms with Crippen molar-refractivity contribution in [3.05, 3.63) is 209 Å². The van der Waals surface area contributed by atoms with Gasteiger partial charge < -0.3 is 4.55 Å². The van der Waals surface area contributed by atoms with Crippen molar-refractivity contribution >= 4 is 95.4 Å². The maximum Gasteiger partial charge on any atom is 0.485 e. The predicted molar refractivity (Wildman–Crippen MR) is 308 cm³/mol. The number of rotatable bonds is 12. The minimum atomic E-state index is -6.09. The number of benzene rings is 6. The number of para-hydroxylation sites is 2. The van der Waals surface area contributed by atoms with Crippen LogP contribution in [0.1, 0.15) is 136 Å². The van der Waals surface area contributed by atoms with Crippen LogP contribution in [-0.2, 0) is 10.1 Å². The summed E-state index contributed by atoms with van der Waals surface area (Å²) in [4.78, 5) is 0. The third kappa shape index (κ3) is 15.6. The first-order chi connectivity index (χ1) is 35.2. The molecule has 0 atom stereocenters. The van der Waals surface area contributed by atoms with Gasteiger partial charge in [0.2, 0.25) is 0 Å². The van der Waals surface area contributed by atoms with Crippen LogP contribution in [0.5, 0.6) is 0 Å².